The number of aliphatic hydroxyl groups is 1. The van der Waals surface area contributed by atoms with Gasteiger partial charge in [0.05, 0.1) is 0 Å². The fourth-order valence-electron chi connectivity index (χ4n) is 0.374. The van der Waals surface area contributed by atoms with Crippen molar-refractivity contribution < 1.29 is 9.63 Å². The van der Waals surface area contributed by atoms with Gasteiger partial charge in [0.2, 0.25) is 0 Å². The Labute approximate surface area is 45.9 Å². The largest absolute Gasteiger partial charge is 0.373 e. The molecule has 44 valence electrons. The smallest absolute Gasteiger partial charge is 0.149 e. The molecule has 0 saturated heterocycles. The highest BCUT2D eigenvalue weighted by atomic mass is 16.5. The Morgan fingerprint density at radius 1 is 1.88 bits per heavy atom. The first kappa shape index (κ1) is 5.27. The maximum absolute atomic E-state index is 8.57. The second-order valence-corrected chi connectivity index (χ2v) is 1.37. The number of rotatable bonds is 1. The van der Waals surface area contributed by atoms with Crippen LogP contribution < -0.4 is 5.73 Å². The van der Waals surface area contributed by atoms with Crippen LogP contribution in [0.25, 0.3) is 0 Å². The SMILES string of the molecule is NC(O)c1ccon1. The molecule has 0 aliphatic rings. The minimum atomic E-state index is -1.02. The van der Waals surface area contributed by atoms with E-state index in [0.29, 0.717) is 5.69 Å². The molecular formula is C4H6N2O2. The predicted octanol–water partition coefficient (Wildman–Crippen LogP) is -0.376. The number of aliphatic hydroxyl groups excluding tert-OH is 1. The van der Waals surface area contributed by atoms with Crippen molar-refractivity contribution in [3.05, 3.63) is 18.0 Å². The molecule has 0 fully saturated rings. The van der Waals surface area contributed by atoms with Crippen LogP contribution in [0.5, 0.6) is 0 Å². The van der Waals surface area contributed by atoms with Crippen LogP contribution in [0.1, 0.15) is 11.9 Å². The molecule has 1 atom stereocenters. The minimum absolute atomic E-state index is 0.352. The number of hydrogen-bond donors (Lipinski definition) is 2. The molecule has 1 aromatic heterocycles. The lowest BCUT2D eigenvalue weighted by molar-refractivity contribution is 0.175. The summed E-state index contributed by atoms with van der Waals surface area (Å²) >= 11 is 0. The van der Waals surface area contributed by atoms with Crippen molar-refractivity contribution in [2.75, 3.05) is 0 Å². The van der Waals surface area contributed by atoms with Gasteiger partial charge in [0.1, 0.15) is 18.2 Å². The van der Waals surface area contributed by atoms with E-state index in [1.165, 1.54) is 12.3 Å². The van der Waals surface area contributed by atoms with Crippen molar-refractivity contribution >= 4 is 0 Å². The van der Waals surface area contributed by atoms with E-state index in [0.717, 1.165) is 0 Å². The van der Waals surface area contributed by atoms with Gasteiger partial charge in [-0.2, -0.15) is 0 Å². The molecule has 1 aromatic rings. The second-order valence-electron chi connectivity index (χ2n) is 1.37. The van der Waals surface area contributed by atoms with E-state index in [1.807, 2.05) is 0 Å². The van der Waals surface area contributed by atoms with Crippen molar-refractivity contribution in [3.63, 3.8) is 0 Å². The van der Waals surface area contributed by atoms with Crippen LogP contribution in [0.4, 0.5) is 0 Å². The maximum atomic E-state index is 8.57. The van der Waals surface area contributed by atoms with Crippen LogP contribution in [-0.2, 0) is 0 Å². The minimum Gasteiger partial charge on any atom is -0.373 e. The summed E-state index contributed by atoms with van der Waals surface area (Å²) in [7, 11) is 0. The molecule has 0 aliphatic carbocycles. The molecule has 1 heterocycles. The van der Waals surface area contributed by atoms with Crippen LogP contribution in [0, 0.1) is 0 Å². The Morgan fingerprint density at radius 3 is 2.88 bits per heavy atom. The second kappa shape index (κ2) is 1.94. The average molecular weight is 114 g/mol. The predicted molar refractivity (Wildman–Crippen MR) is 25.7 cm³/mol. The molecule has 1 unspecified atom stereocenters. The standard InChI is InChI=1S/C4H6N2O2/c5-4(7)3-1-2-8-6-3/h1-2,4,7H,5H2. The van der Waals surface area contributed by atoms with Crippen LogP contribution in [0.2, 0.25) is 0 Å². The monoisotopic (exact) mass is 114 g/mol. The van der Waals surface area contributed by atoms with Gasteiger partial charge in [-0.25, -0.2) is 0 Å². The third-order valence-electron chi connectivity index (χ3n) is 0.761. The van der Waals surface area contributed by atoms with Crippen molar-refractivity contribution in [2.45, 2.75) is 6.23 Å². The summed E-state index contributed by atoms with van der Waals surface area (Å²) in [5.74, 6) is 0. The summed E-state index contributed by atoms with van der Waals surface area (Å²) in [4.78, 5) is 0. The lowest BCUT2D eigenvalue weighted by atomic mass is 10.4. The van der Waals surface area contributed by atoms with Gasteiger partial charge < -0.3 is 15.4 Å². The molecule has 0 aliphatic heterocycles. The lowest BCUT2D eigenvalue weighted by Gasteiger charge is -1.92. The Balaban J connectivity index is 2.77. The van der Waals surface area contributed by atoms with Gasteiger partial charge in [0, 0.05) is 6.07 Å². The highest BCUT2D eigenvalue weighted by molar-refractivity contribution is 4.96. The van der Waals surface area contributed by atoms with E-state index in [-0.39, 0.29) is 0 Å². The third-order valence-corrected chi connectivity index (χ3v) is 0.761. The van der Waals surface area contributed by atoms with Gasteiger partial charge in [-0.05, 0) is 0 Å². The average Bonchev–Trinajstić information content (AvgIpc) is 2.12. The molecule has 1 rings (SSSR count). The van der Waals surface area contributed by atoms with E-state index in [4.69, 9.17) is 10.8 Å². The summed E-state index contributed by atoms with van der Waals surface area (Å²) in [6.45, 7) is 0. The summed E-state index contributed by atoms with van der Waals surface area (Å²) in [6.07, 6.45) is 0.333. The van der Waals surface area contributed by atoms with Crippen LogP contribution >= 0.6 is 0 Å². The normalized spacial score (nSPS) is 13.8. The molecular weight excluding hydrogens is 108 g/mol. The van der Waals surface area contributed by atoms with E-state index in [9.17, 15) is 0 Å². The maximum Gasteiger partial charge on any atom is 0.149 e. The molecule has 0 bridgehead atoms. The molecule has 4 nitrogen and oxygen atoms in total. The zero-order valence-corrected chi connectivity index (χ0v) is 4.11. The van der Waals surface area contributed by atoms with E-state index in [2.05, 4.69) is 9.68 Å². The topological polar surface area (TPSA) is 72.3 Å². The van der Waals surface area contributed by atoms with E-state index in [1.54, 1.807) is 0 Å². The van der Waals surface area contributed by atoms with E-state index < -0.39 is 6.23 Å². The Bertz CT molecular complexity index is 147. The highest BCUT2D eigenvalue weighted by Gasteiger charge is 2.01. The summed E-state index contributed by atoms with van der Waals surface area (Å²) in [5, 5.41) is 11.9. The fourth-order valence-corrected chi connectivity index (χ4v) is 0.374. The Kier molecular flexibility index (Phi) is 1.27. The highest BCUT2D eigenvalue weighted by Crippen LogP contribution is 2.00. The number of nitrogens with two attached hydrogens (primary N) is 1. The van der Waals surface area contributed by atoms with Gasteiger partial charge in [-0.3, -0.25) is 0 Å². The molecule has 3 N–H and O–H groups in total. The molecule has 0 aromatic carbocycles. The van der Waals surface area contributed by atoms with Crippen molar-refractivity contribution in [1.29, 1.82) is 0 Å². The van der Waals surface area contributed by atoms with Crippen LogP contribution in [-0.4, -0.2) is 10.3 Å². The van der Waals surface area contributed by atoms with Gasteiger partial charge in [-0.1, -0.05) is 5.16 Å². The summed E-state index contributed by atoms with van der Waals surface area (Å²) < 4.78 is 4.39. The Morgan fingerprint density at radius 2 is 2.62 bits per heavy atom. The zero-order chi connectivity index (χ0) is 5.98. The lowest BCUT2D eigenvalue weighted by Crippen LogP contribution is -2.08. The fraction of sp³-hybridized carbons (Fsp3) is 0.250. The van der Waals surface area contributed by atoms with Crippen LogP contribution in [0.15, 0.2) is 16.9 Å². The molecule has 8 heavy (non-hydrogen) atoms. The first-order chi connectivity index (χ1) is 3.80. The molecule has 0 saturated carbocycles. The number of hydrogen-bond acceptors (Lipinski definition) is 4. The quantitative estimate of drug-likeness (QED) is 0.488. The molecule has 4 heteroatoms. The molecule has 0 amide bonds. The van der Waals surface area contributed by atoms with Crippen molar-refractivity contribution in [1.82, 2.24) is 5.16 Å². The molecule has 0 spiro atoms. The van der Waals surface area contributed by atoms with Gasteiger partial charge in [0.15, 0.2) is 0 Å². The van der Waals surface area contributed by atoms with E-state index >= 15 is 0 Å². The summed E-state index contributed by atoms with van der Waals surface area (Å²) in [6, 6.07) is 1.50. The first-order valence-corrected chi connectivity index (χ1v) is 2.14. The first-order valence-electron chi connectivity index (χ1n) is 2.14. The van der Waals surface area contributed by atoms with Gasteiger partial charge in [-0.15, -0.1) is 0 Å². The summed E-state index contributed by atoms with van der Waals surface area (Å²) in [5.41, 5.74) is 5.34. The van der Waals surface area contributed by atoms with Gasteiger partial charge in [0.25, 0.3) is 0 Å². The number of aromatic nitrogens is 1. The zero-order valence-electron chi connectivity index (χ0n) is 4.11. The third kappa shape index (κ3) is 0.853. The van der Waals surface area contributed by atoms with Crippen molar-refractivity contribution in [3.8, 4) is 0 Å². The number of nitrogens with zero attached hydrogens (tertiary/aromatic N) is 1. The molecule has 0 radical (unpaired) electrons. The van der Waals surface area contributed by atoms with Crippen molar-refractivity contribution in [2.24, 2.45) is 5.73 Å². The Hall–Kier alpha value is -0.870. The van der Waals surface area contributed by atoms with Crippen LogP contribution in [0.3, 0.4) is 0 Å². The van der Waals surface area contributed by atoms with Gasteiger partial charge >= 0.3 is 0 Å².